The van der Waals surface area contributed by atoms with Crippen molar-refractivity contribution in [3.63, 3.8) is 0 Å². The van der Waals surface area contributed by atoms with Crippen LogP contribution in [0.25, 0.3) is 28.1 Å². The number of benzene rings is 2. The third-order valence-corrected chi connectivity index (χ3v) is 4.02. The van der Waals surface area contributed by atoms with Crippen LogP contribution >= 0.6 is 12.4 Å². The van der Waals surface area contributed by atoms with Gasteiger partial charge in [-0.25, -0.2) is 10.1 Å². The van der Waals surface area contributed by atoms with Crippen molar-refractivity contribution in [3.8, 4) is 11.3 Å². The van der Waals surface area contributed by atoms with Gasteiger partial charge in [-0.2, -0.15) is 5.10 Å². The van der Waals surface area contributed by atoms with Gasteiger partial charge >= 0.3 is 0 Å². The van der Waals surface area contributed by atoms with E-state index in [4.69, 9.17) is 0 Å². The second-order valence-electron chi connectivity index (χ2n) is 5.84. The van der Waals surface area contributed by atoms with Gasteiger partial charge in [-0.1, -0.05) is 30.3 Å². The van der Waals surface area contributed by atoms with Crippen molar-refractivity contribution in [2.45, 2.75) is 0 Å². The average molecular weight is 394 g/mol. The predicted molar refractivity (Wildman–Crippen MR) is 111 cm³/mol. The number of anilines is 1. The van der Waals surface area contributed by atoms with Crippen molar-refractivity contribution >= 4 is 40.9 Å². The standard InChI is InChI=1S/C20H15N5O2.ClH/c26-18(9-8-15-11-21-12-22-15)23-14-5-3-4-13(10-14)19-16-6-1-2-7-17(16)20(27)25-24-19;/h1-12H,(H,21,22)(H,23,26)(H,25,27);1H. The van der Waals surface area contributed by atoms with Crippen LogP contribution in [-0.2, 0) is 4.79 Å². The number of imidazole rings is 1. The number of hydrogen-bond donors (Lipinski definition) is 3. The van der Waals surface area contributed by atoms with Gasteiger partial charge in [-0.05, 0) is 24.3 Å². The lowest BCUT2D eigenvalue weighted by molar-refractivity contribution is -0.111. The van der Waals surface area contributed by atoms with E-state index in [9.17, 15) is 9.59 Å². The van der Waals surface area contributed by atoms with E-state index in [2.05, 4.69) is 25.5 Å². The fourth-order valence-corrected chi connectivity index (χ4v) is 2.79. The van der Waals surface area contributed by atoms with Gasteiger partial charge in [-0.15, -0.1) is 12.4 Å². The van der Waals surface area contributed by atoms with E-state index in [0.29, 0.717) is 22.5 Å². The van der Waals surface area contributed by atoms with Gasteiger partial charge in [0.2, 0.25) is 5.91 Å². The third-order valence-electron chi connectivity index (χ3n) is 4.02. The number of amides is 1. The van der Waals surface area contributed by atoms with Gasteiger partial charge in [0.15, 0.2) is 0 Å². The van der Waals surface area contributed by atoms with Gasteiger partial charge in [0.05, 0.1) is 23.1 Å². The second-order valence-corrected chi connectivity index (χ2v) is 5.84. The number of carbonyl (C=O) groups excluding carboxylic acids is 1. The van der Waals surface area contributed by atoms with E-state index in [1.165, 1.54) is 6.08 Å². The normalized spacial score (nSPS) is 10.7. The largest absolute Gasteiger partial charge is 0.351 e. The molecule has 2 heterocycles. The number of fused-ring (bicyclic) bond motifs is 1. The Hall–Kier alpha value is -3.71. The number of rotatable bonds is 4. The van der Waals surface area contributed by atoms with Crippen molar-refractivity contribution in [2.75, 3.05) is 5.32 Å². The molecule has 0 saturated carbocycles. The molecule has 28 heavy (non-hydrogen) atoms. The molecule has 4 aromatic rings. The quantitative estimate of drug-likeness (QED) is 0.462. The first-order chi connectivity index (χ1) is 13.2. The zero-order valence-electron chi connectivity index (χ0n) is 14.5. The smallest absolute Gasteiger partial charge is 0.272 e. The Morgan fingerprint density at radius 3 is 2.68 bits per heavy atom. The number of H-pyrrole nitrogens is 2. The first-order valence-corrected chi connectivity index (χ1v) is 8.26. The highest BCUT2D eigenvalue weighted by molar-refractivity contribution is 6.02. The van der Waals surface area contributed by atoms with E-state index in [0.717, 1.165) is 10.9 Å². The van der Waals surface area contributed by atoms with Crippen molar-refractivity contribution in [1.82, 2.24) is 20.2 Å². The minimum atomic E-state index is -0.269. The van der Waals surface area contributed by atoms with Gasteiger partial charge in [0.25, 0.3) is 5.56 Å². The van der Waals surface area contributed by atoms with Gasteiger partial charge in [0, 0.05) is 28.9 Å². The molecule has 2 aromatic carbocycles. The van der Waals surface area contributed by atoms with Crippen LogP contribution in [0, 0.1) is 0 Å². The van der Waals surface area contributed by atoms with Crippen LogP contribution in [0.2, 0.25) is 0 Å². The van der Waals surface area contributed by atoms with Crippen LogP contribution in [0.3, 0.4) is 0 Å². The number of halogens is 1. The highest BCUT2D eigenvalue weighted by Crippen LogP contribution is 2.26. The van der Waals surface area contributed by atoms with Crippen molar-refractivity contribution in [1.29, 1.82) is 0 Å². The molecular formula is C20H16ClN5O2. The minimum absolute atomic E-state index is 0. The number of nitrogens with one attached hydrogen (secondary N) is 3. The summed E-state index contributed by atoms with van der Waals surface area (Å²) in [5.74, 6) is -0.269. The maximum absolute atomic E-state index is 12.1. The summed E-state index contributed by atoms with van der Waals surface area (Å²) in [5.41, 5.74) is 2.50. The Kier molecular flexibility index (Phi) is 5.67. The van der Waals surface area contributed by atoms with Crippen LogP contribution in [0.4, 0.5) is 5.69 Å². The molecule has 0 atom stereocenters. The molecule has 2 aromatic heterocycles. The number of hydrogen-bond acceptors (Lipinski definition) is 4. The number of aromatic nitrogens is 4. The maximum atomic E-state index is 12.1. The molecule has 0 fully saturated rings. The van der Waals surface area contributed by atoms with Crippen LogP contribution < -0.4 is 10.9 Å². The van der Waals surface area contributed by atoms with E-state index in [1.54, 1.807) is 30.7 Å². The average Bonchev–Trinajstić information content (AvgIpc) is 3.21. The lowest BCUT2D eigenvalue weighted by Gasteiger charge is -2.07. The summed E-state index contributed by atoms with van der Waals surface area (Å²) in [6.45, 7) is 0. The number of aromatic amines is 2. The van der Waals surface area contributed by atoms with E-state index < -0.39 is 0 Å². The maximum Gasteiger partial charge on any atom is 0.272 e. The molecule has 1 amide bonds. The van der Waals surface area contributed by atoms with E-state index >= 15 is 0 Å². The summed E-state index contributed by atoms with van der Waals surface area (Å²) in [4.78, 5) is 30.9. The summed E-state index contributed by atoms with van der Waals surface area (Å²) in [5, 5.41) is 10.8. The first kappa shape index (κ1) is 19.1. The summed E-state index contributed by atoms with van der Waals surface area (Å²) in [7, 11) is 0. The van der Waals surface area contributed by atoms with Crippen LogP contribution in [-0.4, -0.2) is 26.1 Å². The monoisotopic (exact) mass is 393 g/mol. The molecule has 140 valence electrons. The molecule has 0 unspecified atom stereocenters. The Morgan fingerprint density at radius 1 is 1.07 bits per heavy atom. The molecule has 8 heteroatoms. The molecule has 0 bridgehead atoms. The van der Waals surface area contributed by atoms with Gasteiger partial charge < -0.3 is 10.3 Å². The molecular weight excluding hydrogens is 378 g/mol. The summed E-state index contributed by atoms with van der Waals surface area (Å²) in [6.07, 6.45) is 6.27. The van der Waals surface area contributed by atoms with Gasteiger partial charge in [0.1, 0.15) is 0 Å². The fraction of sp³-hybridized carbons (Fsp3) is 0. The Labute approximate surface area is 165 Å². The van der Waals surface area contributed by atoms with Gasteiger partial charge in [-0.3, -0.25) is 9.59 Å². The molecule has 0 saturated heterocycles. The fourth-order valence-electron chi connectivity index (χ4n) is 2.79. The van der Waals surface area contributed by atoms with Crippen molar-refractivity contribution in [3.05, 3.63) is 83.2 Å². The minimum Gasteiger partial charge on any atom is -0.351 e. The highest BCUT2D eigenvalue weighted by Gasteiger charge is 2.09. The lowest BCUT2D eigenvalue weighted by Crippen LogP contribution is -2.10. The molecule has 3 N–H and O–H groups in total. The number of nitrogens with zero attached hydrogens (tertiary/aromatic N) is 2. The predicted octanol–water partition coefficient (Wildman–Crippen LogP) is 3.39. The number of carbonyl (C=O) groups is 1. The van der Waals surface area contributed by atoms with Crippen LogP contribution in [0.1, 0.15) is 5.69 Å². The zero-order valence-corrected chi connectivity index (χ0v) is 15.4. The SMILES string of the molecule is Cl.O=C(C=Cc1c[nH]cn1)Nc1cccc(-c2n[nH]c(=O)c3ccccc23)c1. The van der Waals surface area contributed by atoms with E-state index in [-0.39, 0.29) is 23.9 Å². The molecule has 0 aliphatic carbocycles. The Morgan fingerprint density at radius 2 is 1.89 bits per heavy atom. The van der Waals surface area contributed by atoms with Crippen LogP contribution in [0.5, 0.6) is 0 Å². The topological polar surface area (TPSA) is 104 Å². The summed E-state index contributed by atoms with van der Waals surface area (Å²) >= 11 is 0. The molecule has 0 aliphatic rings. The summed E-state index contributed by atoms with van der Waals surface area (Å²) < 4.78 is 0. The third kappa shape index (κ3) is 3.99. The second kappa shape index (κ2) is 8.32. The summed E-state index contributed by atoms with van der Waals surface area (Å²) in [6, 6.07) is 14.6. The van der Waals surface area contributed by atoms with E-state index in [1.807, 2.05) is 36.4 Å². The molecule has 0 radical (unpaired) electrons. The van der Waals surface area contributed by atoms with Crippen LogP contribution in [0.15, 0.2) is 71.9 Å². The Bertz CT molecular complexity index is 1200. The zero-order chi connectivity index (χ0) is 18.6. The highest BCUT2D eigenvalue weighted by atomic mass is 35.5. The first-order valence-electron chi connectivity index (χ1n) is 8.26. The molecule has 4 rings (SSSR count). The lowest BCUT2D eigenvalue weighted by atomic mass is 10.0. The van der Waals surface area contributed by atoms with Crippen molar-refractivity contribution < 1.29 is 4.79 Å². The molecule has 0 aliphatic heterocycles. The molecule has 7 nitrogen and oxygen atoms in total. The molecule has 0 spiro atoms. The van der Waals surface area contributed by atoms with Crippen molar-refractivity contribution in [2.24, 2.45) is 0 Å². The Balaban J connectivity index is 0.00000225.